The SMILES string of the molecule is CCN(CC)C(=O)NCC(C(C)C)N1CCN(C)CC1. The highest BCUT2D eigenvalue weighted by Crippen LogP contribution is 2.13. The van der Waals surface area contributed by atoms with E-state index in [2.05, 4.69) is 36.0 Å². The van der Waals surface area contributed by atoms with Gasteiger partial charge in [0.2, 0.25) is 0 Å². The van der Waals surface area contributed by atoms with Crippen LogP contribution in [0.5, 0.6) is 0 Å². The molecule has 1 heterocycles. The molecule has 1 N–H and O–H groups in total. The molecule has 1 atom stereocenters. The average molecular weight is 284 g/mol. The van der Waals surface area contributed by atoms with Crippen molar-refractivity contribution in [2.75, 3.05) is 52.9 Å². The maximum Gasteiger partial charge on any atom is 0.317 e. The van der Waals surface area contributed by atoms with E-state index in [0.717, 1.165) is 45.8 Å². The summed E-state index contributed by atoms with van der Waals surface area (Å²) in [5.41, 5.74) is 0. The number of nitrogens with zero attached hydrogens (tertiary/aromatic N) is 3. The van der Waals surface area contributed by atoms with E-state index in [9.17, 15) is 4.79 Å². The van der Waals surface area contributed by atoms with Gasteiger partial charge in [-0.3, -0.25) is 4.90 Å². The summed E-state index contributed by atoms with van der Waals surface area (Å²) < 4.78 is 0. The first-order valence-electron chi connectivity index (χ1n) is 7.94. The smallest absolute Gasteiger partial charge is 0.317 e. The number of likely N-dealkylation sites (N-methyl/N-ethyl adjacent to an activating group) is 1. The number of hydrogen-bond donors (Lipinski definition) is 1. The Balaban J connectivity index is 2.49. The lowest BCUT2D eigenvalue weighted by Crippen LogP contribution is -2.55. The average Bonchev–Trinajstić information content (AvgIpc) is 2.42. The lowest BCUT2D eigenvalue weighted by Gasteiger charge is -2.40. The van der Waals surface area contributed by atoms with E-state index in [-0.39, 0.29) is 6.03 Å². The summed E-state index contributed by atoms with van der Waals surface area (Å²) in [7, 11) is 2.17. The van der Waals surface area contributed by atoms with E-state index in [1.54, 1.807) is 0 Å². The molecule has 1 rings (SSSR count). The van der Waals surface area contributed by atoms with Gasteiger partial charge in [-0.05, 0) is 26.8 Å². The van der Waals surface area contributed by atoms with Crippen molar-refractivity contribution in [2.45, 2.75) is 33.7 Å². The Bertz CT molecular complexity index is 284. The molecule has 0 bridgehead atoms. The Hall–Kier alpha value is -0.810. The third-order valence-corrected chi connectivity index (χ3v) is 4.29. The molecule has 0 aromatic heterocycles. The lowest BCUT2D eigenvalue weighted by molar-refractivity contribution is 0.0876. The number of nitrogens with one attached hydrogen (secondary N) is 1. The minimum Gasteiger partial charge on any atom is -0.336 e. The van der Waals surface area contributed by atoms with Crippen molar-refractivity contribution in [3.63, 3.8) is 0 Å². The first-order valence-corrected chi connectivity index (χ1v) is 7.94. The molecule has 1 unspecified atom stereocenters. The number of urea groups is 1. The molecule has 1 fully saturated rings. The topological polar surface area (TPSA) is 38.8 Å². The van der Waals surface area contributed by atoms with Crippen molar-refractivity contribution in [2.24, 2.45) is 5.92 Å². The van der Waals surface area contributed by atoms with Crippen molar-refractivity contribution in [1.29, 1.82) is 0 Å². The van der Waals surface area contributed by atoms with E-state index in [1.165, 1.54) is 0 Å². The van der Waals surface area contributed by atoms with Crippen LogP contribution in [0.4, 0.5) is 4.79 Å². The van der Waals surface area contributed by atoms with Gasteiger partial charge in [0, 0.05) is 51.9 Å². The third kappa shape index (κ3) is 4.94. The molecule has 1 saturated heterocycles. The molecule has 0 saturated carbocycles. The number of piperazine rings is 1. The lowest BCUT2D eigenvalue weighted by atomic mass is 10.0. The van der Waals surface area contributed by atoms with Crippen molar-refractivity contribution < 1.29 is 4.79 Å². The van der Waals surface area contributed by atoms with Gasteiger partial charge in [-0.2, -0.15) is 0 Å². The molecule has 2 amide bonds. The number of amides is 2. The molecule has 1 aliphatic rings. The van der Waals surface area contributed by atoms with Crippen LogP contribution in [0, 0.1) is 5.92 Å². The summed E-state index contributed by atoms with van der Waals surface area (Å²) in [4.78, 5) is 18.8. The summed E-state index contributed by atoms with van der Waals surface area (Å²) >= 11 is 0. The highest BCUT2D eigenvalue weighted by molar-refractivity contribution is 5.74. The summed E-state index contributed by atoms with van der Waals surface area (Å²) in [6.45, 7) is 15.2. The van der Waals surface area contributed by atoms with Crippen LogP contribution in [0.25, 0.3) is 0 Å². The van der Waals surface area contributed by atoms with Crippen molar-refractivity contribution in [3.05, 3.63) is 0 Å². The zero-order valence-electron chi connectivity index (χ0n) is 13.9. The quantitative estimate of drug-likeness (QED) is 0.799. The Labute approximate surface area is 124 Å². The Morgan fingerprint density at radius 2 is 1.70 bits per heavy atom. The van der Waals surface area contributed by atoms with E-state index in [4.69, 9.17) is 0 Å². The summed E-state index contributed by atoms with van der Waals surface area (Å²) in [5, 5.41) is 3.11. The molecule has 1 aliphatic heterocycles. The fourth-order valence-corrected chi connectivity index (χ4v) is 2.75. The Kier molecular flexibility index (Phi) is 7.30. The normalized spacial score (nSPS) is 19.1. The molecule has 5 heteroatoms. The highest BCUT2D eigenvalue weighted by Gasteiger charge is 2.25. The van der Waals surface area contributed by atoms with E-state index >= 15 is 0 Å². The molecule has 0 aromatic rings. The van der Waals surface area contributed by atoms with Crippen molar-refractivity contribution in [3.8, 4) is 0 Å². The fourth-order valence-electron chi connectivity index (χ4n) is 2.75. The van der Waals surface area contributed by atoms with Crippen LogP contribution < -0.4 is 5.32 Å². The molecular formula is C15H32N4O. The molecule has 0 aliphatic carbocycles. The van der Waals surface area contributed by atoms with Gasteiger partial charge in [-0.15, -0.1) is 0 Å². The molecule has 20 heavy (non-hydrogen) atoms. The summed E-state index contributed by atoms with van der Waals surface area (Å²) in [6, 6.07) is 0.498. The van der Waals surface area contributed by atoms with Gasteiger partial charge >= 0.3 is 6.03 Å². The largest absolute Gasteiger partial charge is 0.336 e. The van der Waals surface area contributed by atoms with Crippen LogP contribution in [-0.4, -0.2) is 79.6 Å². The standard InChI is InChI=1S/C15H32N4O/c1-6-18(7-2)15(20)16-12-14(13(3)4)19-10-8-17(5)9-11-19/h13-14H,6-12H2,1-5H3,(H,16,20). The zero-order valence-corrected chi connectivity index (χ0v) is 13.9. The molecule has 118 valence electrons. The van der Waals surface area contributed by atoms with Crippen LogP contribution in [0.2, 0.25) is 0 Å². The van der Waals surface area contributed by atoms with Crippen LogP contribution >= 0.6 is 0 Å². The highest BCUT2D eigenvalue weighted by atomic mass is 16.2. The van der Waals surface area contributed by atoms with Gasteiger partial charge in [0.05, 0.1) is 0 Å². The molecule has 0 radical (unpaired) electrons. The first kappa shape index (κ1) is 17.2. The van der Waals surface area contributed by atoms with Crippen molar-refractivity contribution >= 4 is 6.03 Å². The van der Waals surface area contributed by atoms with E-state index in [0.29, 0.717) is 12.0 Å². The van der Waals surface area contributed by atoms with Gasteiger partial charge < -0.3 is 15.1 Å². The molecule has 0 aromatic carbocycles. The zero-order chi connectivity index (χ0) is 15.1. The molecule has 0 spiro atoms. The summed E-state index contributed by atoms with van der Waals surface area (Å²) in [6.07, 6.45) is 0. The minimum atomic E-state index is 0.0646. The van der Waals surface area contributed by atoms with E-state index < -0.39 is 0 Å². The second-order valence-electron chi connectivity index (χ2n) is 6.01. The van der Waals surface area contributed by atoms with Gasteiger partial charge in [0.1, 0.15) is 0 Å². The van der Waals surface area contributed by atoms with Crippen LogP contribution in [0.1, 0.15) is 27.7 Å². The van der Waals surface area contributed by atoms with Crippen LogP contribution in [0.15, 0.2) is 0 Å². The molecular weight excluding hydrogens is 252 g/mol. The van der Waals surface area contributed by atoms with Crippen molar-refractivity contribution in [1.82, 2.24) is 20.0 Å². The van der Waals surface area contributed by atoms with Crippen LogP contribution in [0.3, 0.4) is 0 Å². The Morgan fingerprint density at radius 3 is 2.15 bits per heavy atom. The van der Waals surface area contributed by atoms with Gasteiger partial charge in [0.15, 0.2) is 0 Å². The van der Waals surface area contributed by atoms with Gasteiger partial charge in [-0.25, -0.2) is 4.79 Å². The summed E-state index contributed by atoms with van der Waals surface area (Å²) in [5.74, 6) is 0.551. The van der Waals surface area contributed by atoms with Crippen LogP contribution in [-0.2, 0) is 0 Å². The van der Waals surface area contributed by atoms with Gasteiger partial charge in [0.25, 0.3) is 0 Å². The second kappa shape index (κ2) is 8.47. The third-order valence-electron chi connectivity index (χ3n) is 4.29. The maximum atomic E-state index is 12.1. The first-order chi connectivity index (χ1) is 9.49. The van der Waals surface area contributed by atoms with Gasteiger partial charge in [-0.1, -0.05) is 13.8 Å². The van der Waals surface area contributed by atoms with E-state index in [1.807, 2.05) is 18.7 Å². The number of rotatable bonds is 6. The fraction of sp³-hybridized carbons (Fsp3) is 0.933. The second-order valence-corrected chi connectivity index (χ2v) is 6.01. The monoisotopic (exact) mass is 284 g/mol. The minimum absolute atomic E-state index is 0.0646. The predicted octanol–water partition coefficient (Wildman–Crippen LogP) is 1.31. The Morgan fingerprint density at radius 1 is 1.15 bits per heavy atom. The number of carbonyl (C=O) groups is 1. The number of carbonyl (C=O) groups excluding carboxylic acids is 1. The molecule has 5 nitrogen and oxygen atoms in total. The predicted molar refractivity (Wildman–Crippen MR) is 84.0 cm³/mol. The number of hydrogen-bond acceptors (Lipinski definition) is 3. The maximum absolute atomic E-state index is 12.1.